The Morgan fingerprint density at radius 2 is 2.00 bits per heavy atom. The normalized spacial score (nSPS) is 18.8. The number of hydrogen-bond donors (Lipinski definition) is 0. The van der Waals surface area contributed by atoms with Gasteiger partial charge in [-0.3, -0.25) is 4.90 Å². The van der Waals surface area contributed by atoms with Crippen molar-refractivity contribution in [1.82, 2.24) is 9.21 Å². The Morgan fingerprint density at radius 1 is 1.26 bits per heavy atom. The second-order valence-corrected chi connectivity index (χ2v) is 7.08. The molecule has 1 aliphatic rings. The van der Waals surface area contributed by atoms with E-state index in [1.54, 1.807) is 10.6 Å². The van der Waals surface area contributed by atoms with E-state index in [-0.39, 0.29) is 5.75 Å². The molecule has 0 saturated carbocycles. The van der Waals surface area contributed by atoms with Gasteiger partial charge in [0.05, 0.1) is 18.6 Å². The highest BCUT2D eigenvalue weighted by molar-refractivity contribution is 7.89. The molecule has 0 aliphatic carbocycles. The van der Waals surface area contributed by atoms with Crippen LogP contribution in [0.3, 0.4) is 0 Å². The predicted octanol–water partition coefficient (Wildman–Crippen LogP) is 1.36. The molecule has 2 rings (SSSR count). The molecular formula is C12H19ClN2O3S. The molecule has 7 heteroatoms. The fraction of sp³-hybridized carbons (Fsp3) is 0.667. The molecular weight excluding hydrogens is 288 g/mol. The highest BCUT2D eigenvalue weighted by Crippen LogP contribution is 2.12. The molecule has 5 nitrogen and oxygen atoms in total. The molecule has 0 spiro atoms. The SMILES string of the molecule is O=S(=O)(CCCCl)N1CCN(Cc2ccco2)CC1. The van der Waals surface area contributed by atoms with Gasteiger partial charge in [-0.05, 0) is 18.6 Å². The van der Waals surface area contributed by atoms with Crippen molar-refractivity contribution in [1.29, 1.82) is 0 Å². The minimum absolute atomic E-state index is 0.148. The zero-order valence-corrected chi connectivity index (χ0v) is 12.4. The van der Waals surface area contributed by atoms with Gasteiger partial charge in [0.1, 0.15) is 5.76 Å². The maximum absolute atomic E-state index is 12.0. The summed E-state index contributed by atoms with van der Waals surface area (Å²) in [5, 5.41) is 0. The van der Waals surface area contributed by atoms with Crippen LogP contribution in [-0.4, -0.2) is 55.4 Å². The minimum Gasteiger partial charge on any atom is -0.468 e. The van der Waals surface area contributed by atoms with Crippen molar-refractivity contribution in [2.45, 2.75) is 13.0 Å². The van der Waals surface area contributed by atoms with Crippen LogP contribution in [0.5, 0.6) is 0 Å². The van der Waals surface area contributed by atoms with E-state index in [4.69, 9.17) is 16.0 Å². The number of hydrogen-bond acceptors (Lipinski definition) is 4. The van der Waals surface area contributed by atoms with Gasteiger partial charge in [0.2, 0.25) is 10.0 Å². The lowest BCUT2D eigenvalue weighted by Crippen LogP contribution is -2.48. The molecule has 1 aromatic rings. The van der Waals surface area contributed by atoms with Crippen LogP contribution in [0, 0.1) is 0 Å². The number of nitrogens with zero attached hydrogens (tertiary/aromatic N) is 2. The molecule has 2 heterocycles. The molecule has 0 unspecified atom stereocenters. The highest BCUT2D eigenvalue weighted by Gasteiger charge is 2.26. The first kappa shape index (κ1) is 14.8. The third-order valence-electron chi connectivity index (χ3n) is 3.22. The quantitative estimate of drug-likeness (QED) is 0.745. The molecule has 1 aliphatic heterocycles. The van der Waals surface area contributed by atoms with Crippen LogP contribution < -0.4 is 0 Å². The summed E-state index contributed by atoms with van der Waals surface area (Å²) in [5.41, 5.74) is 0. The van der Waals surface area contributed by atoms with E-state index < -0.39 is 10.0 Å². The zero-order valence-electron chi connectivity index (χ0n) is 10.8. The van der Waals surface area contributed by atoms with Crippen LogP contribution in [-0.2, 0) is 16.6 Å². The number of alkyl halides is 1. The smallest absolute Gasteiger partial charge is 0.214 e. The van der Waals surface area contributed by atoms with Crippen molar-refractivity contribution in [3.05, 3.63) is 24.2 Å². The van der Waals surface area contributed by atoms with Crippen molar-refractivity contribution >= 4 is 21.6 Å². The van der Waals surface area contributed by atoms with Crippen LogP contribution >= 0.6 is 11.6 Å². The number of sulfonamides is 1. The Morgan fingerprint density at radius 3 is 2.58 bits per heavy atom. The van der Waals surface area contributed by atoms with E-state index in [0.29, 0.717) is 25.4 Å². The topological polar surface area (TPSA) is 53.8 Å². The molecule has 0 amide bonds. The van der Waals surface area contributed by atoms with E-state index >= 15 is 0 Å². The van der Waals surface area contributed by atoms with E-state index in [9.17, 15) is 8.42 Å². The Hall–Kier alpha value is -0.560. The Labute approximate surface area is 119 Å². The summed E-state index contributed by atoms with van der Waals surface area (Å²) in [7, 11) is -3.13. The molecule has 0 bridgehead atoms. The average Bonchev–Trinajstić information content (AvgIpc) is 2.90. The maximum atomic E-state index is 12.0. The van der Waals surface area contributed by atoms with Crippen molar-refractivity contribution in [3.63, 3.8) is 0 Å². The first-order chi connectivity index (χ1) is 9.12. The number of furan rings is 1. The summed E-state index contributed by atoms with van der Waals surface area (Å²) >= 11 is 5.55. The van der Waals surface area contributed by atoms with E-state index in [1.807, 2.05) is 12.1 Å². The van der Waals surface area contributed by atoms with Crippen molar-refractivity contribution in [2.75, 3.05) is 37.8 Å². The van der Waals surface area contributed by atoms with Crippen LogP contribution in [0.1, 0.15) is 12.2 Å². The van der Waals surface area contributed by atoms with Gasteiger partial charge in [-0.1, -0.05) is 0 Å². The summed E-state index contributed by atoms with van der Waals surface area (Å²) in [6.07, 6.45) is 2.17. The second kappa shape index (κ2) is 6.74. The van der Waals surface area contributed by atoms with Gasteiger partial charge in [-0.25, -0.2) is 8.42 Å². The number of piperazine rings is 1. The summed E-state index contributed by atoms with van der Waals surface area (Å²) in [4.78, 5) is 2.20. The van der Waals surface area contributed by atoms with Crippen LogP contribution in [0.25, 0.3) is 0 Å². The molecule has 1 aromatic heterocycles. The van der Waals surface area contributed by atoms with Crippen LogP contribution in [0.2, 0.25) is 0 Å². The fourth-order valence-electron chi connectivity index (χ4n) is 2.15. The third-order valence-corrected chi connectivity index (χ3v) is 5.44. The standard InChI is InChI=1S/C12H19ClN2O3S/c13-4-2-10-19(16,17)15-7-5-14(6-8-15)11-12-3-1-9-18-12/h1,3,9H,2,4-8,10-11H2. The minimum atomic E-state index is -3.13. The Balaban J connectivity index is 1.82. The molecule has 108 valence electrons. The lowest BCUT2D eigenvalue weighted by molar-refractivity contribution is 0.171. The molecule has 0 radical (unpaired) electrons. The summed E-state index contributed by atoms with van der Waals surface area (Å²) in [6.45, 7) is 3.31. The average molecular weight is 307 g/mol. The fourth-order valence-corrected chi connectivity index (χ4v) is 3.93. The molecule has 0 N–H and O–H groups in total. The number of rotatable bonds is 6. The number of halogens is 1. The lowest BCUT2D eigenvalue weighted by Gasteiger charge is -2.33. The molecule has 1 saturated heterocycles. The predicted molar refractivity (Wildman–Crippen MR) is 74.7 cm³/mol. The third kappa shape index (κ3) is 4.21. The van der Waals surface area contributed by atoms with Crippen molar-refractivity contribution in [2.24, 2.45) is 0 Å². The molecule has 1 fully saturated rings. The first-order valence-electron chi connectivity index (χ1n) is 6.40. The first-order valence-corrected chi connectivity index (χ1v) is 8.55. The van der Waals surface area contributed by atoms with Crippen molar-refractivity contribution < 1.29 is 12.8 Å². The largest absolute Gasteiger partial charge is 0.468 e. The summed E-state index contributed by atoms with van der Waals surface area (Å²) in [6, 6.07) is 3.80. The van der Waals surface area contributed by atoms with Gasteiger partial charge in [-0.15, -0.1) is 11.6 Å². The van der Waals surface area contributed by atoms with Gasteiger partial charge >= 0.3 is 0 Å². The van der Waals surface area contributed by atoms with Gasteiger partial charge in [-0.2, -0.15) is 4.31 Å². The monoisotopic (exact) mass is 306 g/mol. The molecule has 0 atom stereocenters. The van der Waals surface area contributed by atoms with Crippen LogP contribution in [0.15, 0.2) is 22.8 Å². The second-order valence-electron chi connectivity index (χ2n) is 4.61. The van der Waals surface area contributed by atoms with Crippen LogP contribution in [0.4, 0.5) is 0 Å². The van der Waals surface area contributed by atoms with Crippen molar-refractivity contribution in [3.8, 4) is 0 Å². The summed E-state index contributed by atoms with van der Waals surface area (Å²) < 4.78 is 30.9. The maximum Gasteiger partial charge on any atom is 0.214 e. The molecule has 19 heavy (non-hydrogen) atoms. The van der Waals surface area contributed by atoms with Gasteiger partial charge in [0, 0.05) is 32.1 Å². The Bertz CT molecular complexity index is 467. The van der Waals surface area contributed by atoms with E-state index in [1.165, 1.54) is 0 Å². The van der Waals surface area contributed by atoms with Gasteiger partial charge in [0.25, 0.3) is 0 Å². The zero-order chi connectivity index (χ0) is 13.7. The van der Waals surface area contributed by atoms with Gasteiger partial charge in [0.15, 0.2) is 0 Å². The Kier molecular flexibility index (Phi) is 5.27. The van der Waals surface area contributed by atoms with Gasteiger partial charge < -0.3 is 4.42 Å². The molecule has 0 aromatic carbocycles. The van der Waals surface area contributed by atoms with E-state index in [2.05, 4.69) is 4.90 Å². The van der Waals surface area contributed by atoms with E-state index in [0.717, 1.165) is 25.4 Å². The highest BCUT2D eigenvalue weighted by atomic mass is 35.5. The lowest BCUT2D eigenvalue weighted by atomic mass is 10.3. The summed E-state index contributed by atoms with van der Waals surface area (Å²) in [5.74, 6) is 1.45.